The highest BCUT2D eigenvalue weighted by Crippen LogP contribution is 2.37. The summed E-state index contributed by atoms with van der Waals surface area (Å²) in [5, 5.41) is 0. The number of carbonyl (C=O) groups is 1. The third kappa shape index (κ3) is 4.31. The predicted octanol–water partition coefficient (Wildman–Crippen LogP) is 0.657. The van der Waals surface area contributed by atoms with E-state index in [1.165, 1.54) is 6.42 Å². The zero-order valence-corrected chi connectivity index (χ0v) is 12.4. The van der Waals surface area contributed by atoms with Crippen molar-refractivity contribution in [3.05, 3.63) is 0 Å². The maximum Gasteiger partial charge on any atom is 0.224 e. The maximum atomic E-state index is 12.0. The van der Waals surface area contributed by atoms with Crippen LogP contribution in [0.4, 0.5) is 0 Å². The Morgan fingerprint density at radius 2 is 2.05 bits per heavy atom. The fourth-order valence-corrected chi connectivity index (χ4v) is 3.07. The number of hydrogen-bond donors (Lipinski definition) is 1. The summed E-state index contributed by atoms with van der Waals surface area (Å²) in [6.07, 6.45) is 2.77. The summed E-state index contributed by atoms with van der Waals surface area (Å²) in [5.41, 5.74) is 6.06. The van der Waals surface area contributed by atoms with Gasteiger partial charge < -0.3 is 20.1 Å². The minimum Gasteiger partial charge on any atom is -0.382 e. The molecule has 1 aliphatic heterocycles. The number of hydrogen-bond acceptors (Lipinski definition) is 4. The number of halogens is 1. The second kappa shape index (κ2) is 8.04. The van der Waals surface area contributed by atoms with Crippen molar-refractivity contribution in [3.8, 4) is 0 Å². The van der Waals surface area contributed by atoms with Gasteiger partial charge in [-0.2, -0.15) is 0 Å². The number of fused-ring (bicyclic) bond motifs is 1. The van der Waals surface area contributed by atoms with Gasteiger partial charge in [0, 0.05) is 26.2 Å². The minimum absolute atomic E-state index is 0. The number of amides is 1. The molecule has 0 aromatic heterocycles. The minimum atomic E-state index is 0. The normalized spacial score (nSPS) is 29.2. The van der Waals surface area contributed by atoms with Gasteiger partial charge in [-0.15, -0.1) is 12.4 Å². The second-order valence-corrected chi connectivity index (χ2v) is 5.32. The number of nitrogens with two attached hydrogens (primary N) is 1. The topological polar surface area (TPSA) is 64.8 Å². The molecule has 3 unspecified atom stereocenters. The molecule has 2 fully saturated rings. The Morgan fingerprint density at radius 1 is 1.26 bits per heavy atom. The zero-order valence-electron chi connectivity index (χ0n) is 11.5. The van der Waals surface area contributed by atoms with E-state index in [0.717, 1.165) is 19.5 Å². The summed E-state index contributed by atoms with van der Waals surface area (Å²) in [6, 6.07) is 0.297. The first-order chi connectivity index (χ1) is 8.72. The molecule has 0 aromatic carbocycles. The van der Waals surface area contributed by atoms with Crippen molar-refractivity contribution in [3.63, 3.8) is 0 Å². The molecule has 2 N–H and O–H groups in total. The molecule has 6 heteroatoms. The zero-order chi connectivity index (χ0) is 13.0. The van der Waals surface area contributed by atoms with E-state index in [2.05, 4.69) is 0 Å². The fraction of sp³-hybridized carbons (Fsp3) is 0.923. The van der Waals surface area contributed by atoms with Crippen LogP contribution in [0.15, 0.2) is 0 Å². The molecule has 0 aromatic rings. The van der Waals surface area contributed by atoms with Crippen LogP contribution in [0.5, 0.6) is 0 Å². The Morgan fingerprint density at radius 3 is 2.74 bits per heavy atom. The summed E-state index contributed by atoms with van der Waals surface area (Å²) < 4.78 is 10.2. The molecular formula is C13H25ClN2O3. The highest BCUT2D eigenvalue weighted by molar-refractivity contribution is 5.85. The van der Waals surface area contributed by atoms with Crippen molar-refractivity contribution in [2.75, 3.05) is 40.0 Å². The summed E-state index contributed by atoms with van der Waals surface area (Å²) in [7, 11) is 1.64. The van der Waals surface area contributed by atoms with E-state index in [4.69, 9.17) is 15.2 Å². The average Bonchev–Trinajstić information content (AvgIpc) is 2.92. The van der Waals surface area contributed by atoms with E-state index in [1.807, 2.05) is 4.90 Å². The van der Waals surface area contributed by atoms with Crippen molar-refractivity contribution < 1.29 is 14.3 Å². The molecule has 0 radical (unpaired) electrons. The van der Waals surface area contributed by atoms with Crippen LogP contribution in [0.2, 0.25) is 0 Å². The van der Waals surface area contributed by atoms with E-state index in [1.54, 1.807) is 7.11 Å². The molecule has 5 nitrogen and oxygen atoms in total. The van der Waals surface area contributed by atoms with Crippen LogP contribution in [0.3, 0.4) is 0 Å². The molecule has 3 atom stereocenters. The van der Waals surface area contributed by atoms with Crippen LogP contribution in [0, 0.1) is 11.8 Å². The smallest absolute Gasteiger partial charge is 0.224 e. The molecule has 1 amide bonds. The first-order valence-electron chi connectivity index (χ1n) is 6.82. The Hall–Kier alpha value is -0.360. The quantitative estimate of drug-likeness (QED) is 0.731. The van der Waals surface area contributed by atoms with E-state index in [0.29, 0.717) is 44.1 Å². The van der Waals surface area contributed by atoms with Gasteiger partial charge in [-0.25, -0.2) is 0 Å². The van der Waals surface area contributed by atoms with E-state index in [-0.39, 0.29) is 18.3 Å². The molecule has 19 heavy (non-hydrogen) atoms. The SMILES string of the molecule is COCCOCCC(=O)N1CC2CCC(N)C2C1.Cl. The van der Waals surface area contributed by atoms with Gasteiger partial charge in [0.15, 0.2) is 0 Å². The van der Waals surface area contributed by atoms with Crippen molar-refractivity contribution in [1.82, 2.24) is 4.90 Å². The van der Waals surface area contributed by atoms with Gasteiger partial charge in [-0.1, -0.05) is 0 Å². The summed E-state index contributed by atoms with van der Waals surface area (Å²) >= 11 is 0. The standard InChI is InChI=1S/C13H24N2O3.ClH/c1-17-6-7-18-5-4-13(16)15-8-10-2-3-12(14)11(10)9-15;/h10-12H,2-9,14H2,1H3;1H. The van der Waals surface area contributed by atoms with Gasteiger partial charge in [-0.3, -0.25) is 4.79 Å². The molecule has 0 spiro atoms. The molecule has 2 aliphatic rings. The predicted molar refractivity (Wildman–Crippen MR) is 75.3 cm³/mol. The van der Waals surface area contributed by atoms with Crippen LogP contribution in [0.1, 0.15) is 19.3 Å². The van der Waals surface area contributed by atoms with E-state index >= 15 is 0 Å². The van der Waals surface area contributed by atoms with Crippen LogP contribution in [-0.4, -0.2) is 56.9 Å². The Labute approximate surface area is 121 Å². The number of carbonyl (C=O) groups excluding carboxylic acids is 1. The van der Waals surface area contributed by atoms with Crippen LogP contribution >= 0.6 is 12.4 Å². The lowest BCUT2D eigenvalue weighted by atomic mass is 9.98. The first-order valence-corrected chi connectivity index (χ1v) is 6.82. The van der Waals surface area contributed by atoms with E-state index in [9.17, 15) is 4.79 Å². The Kier molecular flexibility index (Phi) is 7.07. The molecular weight excluding hydrogens is 268 g/mol. The number of rotatable bonds is 6. The van der Waals surface area contributed by atoms with Gasteiger partial charge in [0.05, 0.1) is 26.2 Å². The van der Waals surface area contributed by atoms with Crippen molar-refractivity contribution >= 4 is 18.3 Å². The Balaban J connectivity index is 0.00000180. The molecule has 1 aliphatic carbocycles. The molecule has 0 bridgehead atoms. The van der Waals surface area contributed by atoms with Gasteiger partial charge in [0.1, 0.15) is 0 Å². The van der Waals surface area contributed by atoms with Gasteiger partial charge in [0.25, 0.3) is 0 Å². The molecule has 2 rings (SSSR count). The largest absolute Gasteiger partial charge is 0.382 e. The average molecular weight is 293 g/mol. The number of ether oxygens (including phenoxy) is 2. The summed E-state index contributed by atoms with van der Waals surface area (Å²) in [6.45, 7) is 3.37. The third-order valence-corrected chi connectivity index (χ3v) is 4.16. The molecule has 1 saturated carbocycles. The van der Waals surface area contributed by atoms with Crippen LogP contribution in [-0.2, 0) is 14.3 Å². The van der Waals surface area contributed by atoms with Gasteiger partial charge in [0.2, 0.25) is 5.91 Å². The van der Waals surface area contributed by atoms with Crippen molar-refractivity contribution in [2.45, 2.75) is 25.3 Å². The summed E-state index contributed by atoms with van der Waals surface area (Å²) in [5.74, 6) is 1.37. The Bertz CT molecular complexity index is 291. The van der Waals surface area contributed by atoms with Crippen LogP contribution < -0.4 is 5.73 Å². The second-order valence-electron chi connectivity index (χ2n) is 5.32. The van der Waals surface area contributed by atoms with Gasteiger partial charge in [-0.05, 0) is 24.7 Å². The van der Waals surface area contributed by atoms with Gasteiger partial charge >= 0.3 is 0 Å². The molecule has 1 heterocycles. The number of methoxy groups -OCH3 is 1. The summed E-state index contributed by atoms with van der Waals surface area (Å²) in [4.78, 5) is 14.0. The lowest BCUT2D eigenvalue weighted by molar-refractivity contribution is -0.131. The fourth-order valence-electron chi connectivity index (χ4n) is 3.07. The maximum absolute atomic E-state index is 12.0. The highest BCUT2D eigenvalue weighted by Gasteiger charge is 2.42. The lowest BCUT2D eigenvalue weighted by Gasteiger charge is -2.18. The third-order valence-electron chi connectivity index (χ3n) is 4.16. The lowest BCUT2D eigenvalue weighted by Crippen LogP contribution is -2.33. The number of likely N-dealkylation sites (tertiary alicyclic amines) is 1. The highest BCUT2D eigenvalue weighted by atomic mass is 35.5. The van der Waals surface area contributed by atoms with Crippen molar-refractivity contribution in [2.24, 2.45) is 17.6 Å². The number of nitrogens with zero attached hydrogens (tertiary/aromatic N) is 1. The first kappa shape index (κ1) is 16.7. The monoisotopic (exact) mass is 292 g/mol. The van der Waals surface area contributed by atoms with Crippen molar-refractivity contribution in [1.29, 1.82) is 0 Å². The van der Waals surface area contributed by atoms with E-state index < -0.39 is 0 Å². The van der Waals surface area contributed by atoms with Crippen LogP contribution in [0.25, 0.3) is 0 Å². The molecule has 1 saturated heterocycles. The molecule has 112 valence electrons.